The fourth-order valence-electron chi connectivity index (χ4n) is 2.40. The summed E-state index contributed by atoms with van der Waals surface area (Å²) in [5.41, 5.74) is 1.34. The number of carbonyl (C=O) groups excluding carboxylic acids is 1. The highest BCUT2D eigenvalue weighted by Gasteiger charge is 2.26. The average Bonchev–Trinajstić information content (AvgIpc) is 2.56. The van der Waals surface area contributed by atoms with Gasteiger partial charge in [-0.25, -0.2) is 9.37 Å². The van der Waals surface area contributed by atoms with Gasteiger partial charge in [-0.15, -0.1) is 0 Å². The van der Waals surface area contributed by atoms with Crippen LogP contribution in [0.1, 0.15) is 22.0 Å². The molecule has 1 fully saturated rings. The minimum atomic E-state index is -0.292. The second-order valence-corrected chi connectivity index (χ2v) is 5.42. The summed E-state index contributed by atoms with van der Waals surface area (Å²) in [6.45, 7) is 1.38. The van der Waals surface area contributed by atoms with Crippen LogP contribution in [0.15, 0.2) is 42.6 Å². The van der Waals surface area contributed by atoms with Crippen LogP contribution in [0.3, 0.4) is 0 Å². The highest BCUT2D eigenvalue weighted by Crippen LogP contribution is 2.23. The lowest BCUT2D eigenvalue weighted by Crippen LogP contribution is -2.42. The number of hydrogen-bond acceptors (Lipinski definition) is 3. The van der Waals surface area contributed by atoms with Crippen LogP contribution in [0, 0.1) is 5.82 Å². The predicted octanol–water partition coefficient (Wildman–Crippen LogP) is 3.09. The summed E-state index contributed by atoms with van der Waals surface area (Å²) in [7, 11) is 0. The monoisotopic (exact) mass is 320 g/mol. The number of carbonyl (C=O) groups is 1. The summed E-state index contributed by atoms with van der Waals surface area (Å²) < 4.78 is 18.7. The Hall–Kier alpha value is -1.98. The Labute approximate surface area is 132 Å². The highest BCUT2D eigenvalue weighted by molar-refractivity contribution is 6.29. The maximum absolute atomic E-state index is 13.0. The first-order chi connectivity index (χ1) is 10.6. The second kappa shape index (κ2) is 6.42. The molecule has 0 spiro atoms. The topological polar surface area (TPSA) is 42.4 Å². The zero-order valence-corrected chi connectivity index (χ0v) is 12.5. The zero-order valence-electron chi connectivity index (χ0n) is 11.7. The van der Waals surface area contributed by atoms with E-state index in [0.29, 0.717) is 30.4 Å². The van der Waals surface area contributed by atoms with Crippen molar-refractivity contribution < 1.29 is 13.9 Å². The largest absolute Gasteiger partial charge is 0.370 e. The summed E-state index contributed by atoms with van der Waals surface area (Å²) in [5, 5.41) is 0.350. The number of rotatable bonds is 2. The van der Waals surface area contributed by atoms with Crippen LogP contribution in [-0.2, 0) is 4.74 Å². The van der Waals surface area contributed by atoms with Gasteiger partial charge in [0.05, 0.1) is 18.7 Å². The van der Waals surface area contributed by atoms with Crippen molar-refractivity contribution >= 4 is 17.5 Å². The molecule has 0 saturated carbocycles. The number of halogens is 2. The molecule has 1 unspecified atom stereocenters. The van der Waals surface area contributed by atoms with Crippen LogP contribution in [0.2, 0.25) is 5.15 Å². The lowest BCUT2D eigenvalue weighted by Gasteiger charge is -2.33. The quantitative estimate of drug-likeness (QED) is 0.799. The van der Waals surface area contributed by atoms with Crippen molar-refractivity contribution in [3.8, 4) is 0 Å². The van der Waals surface area contributed by atoms with Gasteiger partial charge in [0, 0.05) is 12.7 Å². The van der Waals surface area contributed by atoms with Gasteiger partial charge >= 0.3 is 0 Å². The molecule has 2 aromatic rings. The van der Waals surface area contributed by atoms with Crippen LogP contribution >= 0.6 is 11.6 Å². The van der Waals surface area contributed by atoms with E-state index in [1.807, 2.05) is 0 Å². The van der Waals surface area contributed by atoms with Crippen molar-refractivity contribution in [2.45, 2.75) is 6.10 Å². The van der Waals surface area contributed by atoms with E-state index in [4.69, 9.17) is 16.3 Å². The van der Waals surface area contributed by atoms with Crippen LogP contribution in [0.5, 0.6) is 0 Å². The second-order valence-electron chi connectivity index (χ2n) is 5.03. The molecule has 1 amide bonds. The third kappa shape index (κ3) is 3.26. The highest BCUT2D eigenvalue weighted by atomic mass is 35.5. The van der Waals surface area contributed by atoms with E-state index in [2.05, 4.69) is 4.98 Å². The van der Waals surface area contributed by atoms with Gasteiger partial charge < -0.3 is 9.64 Å². The minimum absolute atomic E-state index is 0.112. The van der Waals surface area contributed by atoms with Gasteiger partial charge in [0.15, 0.2) is 0 Å². The number of hydrogen-bond donors (Lipinski definition) is 0. The first-order valence-electron chi connectivity index (χ1n) is 6.91. The van der Waals surface area contributed by atoms with Gasteiger partial charge in [0.1, 0.15) is 17.1 Å². The van der Waals surface area contributed by atoms with E-state index in [-0.39, 0.29) is 17.8 Å². The zero-order chi connectivity index (χ0) is 15.5. The van der Waals surface area contributed by atoms with E-state index in [1.54, 1.807) is 29.2 Å². The number of benzene rings is 1. The van der Waals surface area contributed by atoms with Gasteiger partial charge in [-0.05, 0) is 29.8 Å². The van der Waals surface area contributed by atoms with Crippen LogP contribution in [0.4, 0.5) is 4.39 Å². The van der Waals surface area contributed by atoms with E-state index >= 15 is 0 Å². The third-order valence-corrected chi connectivity index (χ3v) is 3.79. The molecule has 1 aromatic heterocycles. The van der Waals surface area contributed by atoms with E-state index in [1.165, 1.54) is 18.3 Å². The molecule has 22 heavy (non-hydrogen) atoms. The molecule has 6 heteroatoms. The molecule has 1 saturated heterocycles. The van der Waals surface area contributed by atoms with E-state index in [0.717, 1.165) is 5.56 Å². The first-order valence-corrected chi connectivity index (χ1v) is 7.29. The van der Waals surface area contributed by atoms with Crippen LogP contribution in [-0.4, -0.2) is 35.5 Å². The normalized spacial score (nSPS) is 18.3. The predicted molar refractivity (Wildman–Crippen MR) is 80.2 cm³/mol. The number of pyridine rings is 1. The number of morpholine rings is 1. The average molecular weight is 321 g/mol. The van der Waals surface area contributed by atoms with E-state index < -0.39 is 0 Å². The summed E-state index contributed by atoms with van der Waals surface area (Å²) >= 11 is 5.73. The van der Waals surface area contributed by atoms with Crippen molar-refractivity contribution in [2.24, 2.45) is 0 Å². The molecule has 0 bridgehead atoms. The molecule has 1 aliphatic heterocycles. The van der Waals surface area contributed by atoms with Crippen LogP contribution < -0.4 is 0 Å². The molecular formula is C16H14ClFN2O2. The molecule has 1 aromatic carbocycles. The summed E-state index contributed by atoms with van der Waals surface area (Å²) in [6, 6.07) is 9.38. The summed E-state index contributed by atoms with van der Waals surface area (Å²) in [5.74, 6) is -0.403. The molecule has 0 N–H and O–H groups in total. The maximum Gasteiger partial charge on any atom is 0.255 e. The molecule has 2 heterocycles. The molecule has 1 aliphatic rings. The van der Waals surface area contributed by atoms with Crippen molar-refractivity contribution in [3.05, 3.63) is 64.7 Å². The van der Waals surface area contributed by atoms with Crippen molar-refractivity contribution in [1.82, 2.24) is 9.88 Å². The summed E-state index contributed by atoms with van der Waals surface area (Å²) in [6.07, 6.45) is 1.21. The number of ether oxygens (including phenoxy) is 1. The Kier molecular flexibility index (Phi) is 4.36. The smallest absolute Gasteiger partial charge is 0.255 e. The molecule has 0 radical (unpaired) electrons. The molecular weight excluding hydrogens is 307 g/mol. The van der Waals surface area contributed by atoms with Gasteiger partial charge in [-0.2, -0.15) is 0 Å². The van der Waals surface area contributed by atoms with E-state index in [9.17, 15) is 9.18 Å². The first kappa shape index (κ1) is 14.9. The van der Waals surface area contributed by atoms with Crippen LogP contribution in [0.25, 0.3) is 0 Å². The SMILES string of the molecule is O=C(c1ccc(Cl)nc1)N1CCOC(c2ccc(F)cc2)C1. The Morgan fingerprint density at radius 2 is 2.05 bits per heavy atom. The fourth-order valence-corrected chi connectivity index (χ4v) is 2.51. The molecule has 0 aliphatic carbocycles. The third-order valence-electron chi connectivity index (χ3n) is 3.57. The fraction of sp³-hybridized carbons (Fsp3) is 0.250. The lowest BCUT2D eigenvalue weighted by molar-refractivity contribution is -0.0228. The van der Waals surface area contributed by atoms with Crippen molar-refractivity contribution in [2.75, 3.05) is 19.7 Å². The molecule has 4 nitrogen and oxygen atoms in total. The standard InChI is InChI=1S/C16H14ClFN2O2/c17-15-6-3-12(9-19-15)16(21)20-7-8-22-14(10-20)11-1-4-13(18)5-2-11/h1-6,9,14H,7-8,10H2. The Morgan fingerprint density at radius 3 is 2.73 bits per heavy atom. The van der Waals surface area contributed by atoms with Crippen molar-refractivity contribution in [1.29, 1.82) is 0 Å². The summed E-state index contributed by atoms with van der Waals surface area (Å²) in [4.78, 5) is 18.1. The number of nitrogens with zero attached hydrogens (tertiary/aromatic N) is 2. The van der Waals surface area contributed by atoms with Gasteiger partial charge in [0.25, 0.3) is 5.91 Å². The Morgan fingerprint density at radius 1 is 1.27 bits per heavy atom. The van der Waals surface area contributed by atoms with Gasteiger partial charge in [-0.3, -0.25) is 4.79 Å². The Balaban J connectivity index is 1.73. The lowest BCUT2D eigenvalue weighted by atomic mass is 10.1. The number of aromatic nitrogens is 1. The maximum atomic E-state index is 13.0. The molecule has 3 rings (SSSR count). The molecule has 1 atom stereocenters. The number of amides is 1. The molecule has 114 valence electrons. The minimum Gasteiger partial charge on any atom is -0.370 e. The Bertz CT molecular complexity index is 661. The van der Waals surface area contributed by atoms with Gasteiger partial charge in [0.2, 0.25) is 0 Å². The van der Waals surface area contributed by atoms with Gasteiger partial charge in [-0.1, -0.05) is 23.7 Å². The van der Waals surface area contributed by atoms with Crippen molar-refractivity contribution in [3.63, 3.8) is 0 Å².